The molecule has 0 spiro atoms. The molecule has 0 radical (unpaired) electrons. The van der Waals surface area contributed by atoms with Crippen molar-refractivity contribution in [1.82, 2.24) is 10.2 Å². The molecule has 2 nitrogen and oxygen atoms in total. The maximum absolute atomic E-state index is 4.11. The van der Waals surface area contributed by atoms with Crippen LogP contribution in [0.25, 0.3) is 0 Å². The van der Waals surface area contributed by atoms with E-state index in [1.165, 1.54) is 44.3 Å². The number of rotatable bonds is 5. The van der Waals surface area contributed by atoms with E-state index in [1.54, 1.807) is 0 Å². The monoisotopic (exact) mass is 180 g/mol. The van der Waals surface area contributed by atoms with Gasteiger partial charge in [-0.2, -0.15) is 0 Å². The second-order valence-corrected chi connectivity index (χ2v) is 4.39. The number of nitrogens with zero attached hydrogens (tertiary/aromatic N) is 1. The number of hydrogen-bond acceptors (Lipinski definition) is 2. The van der Waals surface area contributed by atoms with Crippen LogP contribution in [0, 0.1) is 0 Å². The molecule has 2 rings (SSSR count). The van der Waals surface area contributed by atoms with Crippen LogP contribution in [-0.4, -0.2) is 37.1 Å². The van der Waals surface area contributed by atoms with Gasteiger partial charge in [0.1, 0.15) is 0 Å². The van der Waals surface area contributed by atoms with E-state index >= 15 is 0 Å². The molecule has 1 aliphatic carbocycles. The Morgan fingerprint density at radius 3 is 2.62 bits per heavy atom. The zero-order chi connectivity index (χ0) is 9.10. The molecule has 0 amide bonds. The van der Waals surface area contributed by atoms with Crippen molar-refractivity contribution in [2.45, 2.75) is 31.7 Å². The van der Waals surface area contributed by atoms with Gasteiger partial charge in [0, 0.05) is 19.1 Å². The smallest absolute Gasteiger partial charge is 0.0202 e. The lowest BCUT2D eigenvalue weighted by atomic mass is 10.3. The van der Waals surface area contributed by atoms with Crippen molar-refractivity contribution in [3.05, 3.63) is 12.2 Å². The normalized spacial score (nSPS) is 23.7. The molecule has 1 saturated heterocycles. The summed E-state index contributed by atoms with van der Waals surface area (Å²) in [5.74, 6) is 0. The predicted octanol–water partition coefficient (Wildman–Crippen LogP) is 1.39. The highest BCUT2D eigenvalue weighted by molar-refractivity contribution is 5.02. The number of likely N-dealkylation sites (tertiary alicyclic amines) is 1. The summed E-state index contributed by atoms with van der Waals surface area (Å²) in [6.45, 7) is 8.81. The van der Waals surface area contributed by atoms with Gasteiger partial charge in [0.2, 0.25) is 0 Å². The fourth-order valence-electron chi connectivity index (χ4n) is 1.89. The first-order chi connectivity index (χ1) is 6.34. The van der Waals surface area contributed by atoms with Gasteiger partial charge >= 0.3 is 0 Å². The van der Waals surface area contributed by atoms with Gasteiger partial charge in [0.15, 0.2) is 0 Å². The van der Waals surface area contributed by atoms with E-state index in [4.69, 9.17) is 0 Å². The number of hydrogen-bond donors (Lipinski definition) is 1. The molecule has 74 valence electrons. The van der Waals surface area contributed by atoms with Gasteiger partial charge in [-0.05, 0) is 44.3 Å². The van der Waals surface area contributed by atoms with E-state index in [1.807, 2.05) is 0 Å². The fraction of sp³-hybridized carbons (Fsp3) is 0.818. The van der Waals surface area contributed by atoms with Gasteiger partial charge in [0.25, 0.3) is 0 Å². The van der Waals surface area contributed by atoms with Gasteiger partial charge in [0.05, 0.1) is 0 Å². The van der Waals surface area contributed by atoms with E-state index in [2.05, 4.69) is 16.8 Å². The topological polar surface area (TPSA) is 15.3 Å². The summed E-state index contributed by atoms with van der Waals surface area (Å²) < 4.78 is 0. The van der Waals surface area contributed by atoms with Crippen molar-refractivity contribution in [2.75, 3.05) is 26.2 Å². The van der Waals surface area contributed by atoms with Crippen LogP contribution in [0.3, 0.4) is 0 Å². The zero-order valence-electron chi connectivity index (χ0n) is 8.39. The lowest BCUT2D eigenvalue weighted by Crippen LogP contribution is -2.27. The van der Waals surface area contributed by atoms with Gasteiger partial charge in [-0.15, -0.1) is 0 Å². The second kappa shape index (κ2) is 4.25. The molecule has 0 aromatic rings. The van der Waals surface area contributed by atoms with Crippen molar-refractivity contribution in [2.24, 2.45) is 0 Å². The first-order valence-electron chi connectivity index (χ1n) is 5.47. The highest BCUT2D eigenvalue weighted by Gasteiger charge is 2.20. The summed E-state index contributed by atoms with van der Waals surface area (Å²) in [4.78, 5) is 2.51. The Labute approximate surface area is 81.0 Å². The third kappa shape index (κ3) is 3.12. The van der Waals surface area contributed by atoms with Crippen LogP contribution in [0.4, 0.5) is 0 Å². The molecule has 1 aliphatic heterocycles. The Bertz CT molecular complexity index is 179. The van der Waals surface area contributed by atoms with Crippen molar-refractivity contribution in [3.63, 3.8) is 0 Å². The minimum Gasteiger partial charge on any atom is -0.310 e. The van der Waals surface area contributed by atoms with Crippen molar-refractivity contribution in [1.29, 1.82) is 0 Å². The Morgan fingerprint density at radius 1 is 1.31 bits per heavy atom. The molecule has 0 unspecified atom stereocenters. The van der Waals surface area contributed by atoms with E-state index in [0.717, 1.165) is 19.1 Å². The molecule has 0 aromatic carbocycles. The molecule has 2 heteroatoms. The lowest BCUT2D eigenvalue weighted by Gasteiger charge is -2.16. The summed E-state index contributed by atoms with van der Waals surface area (Å²) in [5, 5.41) is 3.50. The van der Waals surface area contributed by atoms with Crippen molar-refractivity contribution < 1.29 is 0 Å². The average Bonchev–Trinajstić information content (AvgIpc) is 2.82. The second-order valence-electron chi connectivity index (χ2n) is 4.39. The van der Waals surface area contributed by atoms with Gasteiger partial charge in [-0.25, -0.2) is 0 Å². The Kier molecular flexibility index (Phi) is 3.01. The van der Waals surface area contributed by atoms with Crippen LogP contribution in [0.15, 0.2) is 12.2 Å². The van der Waals surface area contributed by atoms with Crippen molar-refractivity contribution in [3.8, 4) is 0 Å². The third-order valence-corrected chi connectivity index (χ3v) is 2.86. The molecule has 2 aliphatic rings. The van der Waals surface area contributed by atoms with Crippen LogP contribution < -0.4 is 5.32 Å². The maximum atomic E-state index is 4.11. The summed E-state index contributed by atoms with van der Waals surface area (Å²) in [7, 11) is 0. The van der Waals surface area contributed by atoms with E-state index in [0.29, 0.717) is 0 Å². The van der Waals surface area contributed by atoms with Crippen LogP contribution in [0.5, 0.6) is 0 Å². The molecular formula is C11H20N2. The van der Waals surface area contributed by atoms with Crippen LogP contribution in [-0.2, 0) is 0 Å². The fourth-order valence-corrected chi connectivity index (χ4v) is 1.89. The molecule has 1 saturated carbocycles. The summed E-state index contributed by atoms with van der Waals surface area (Å²) in [5.41, 5.74) is 1.36. The minimum absolute atomic E-state index is 0.815. The summed E-state index contributed by atoms with van der Waals surface area (Å²) >= 11 is 0. The Balaban J connectivity index is 1.59. The molecule has 13 heavy (non-hydrogen) atoms. The van der Waals surface area contributed by atoms with Gasteiger partial charge in [-0.3, -0.25) is 4.90 Å². The standard InChI is InChI=1S/C11H20N2/c1-10(8-12-11-4-5-11)9-13-6-2-3-7-13/h11-12H,1-9H2. The molecule has 1 heterocycles. The zero-order valence-corrected chi connectivity index (χ0v) is 8.39. The van der Waals surface area contributed by atoms with E-state index in [-0.39, 0.29) is 0 Å². The molecule has 0 bridgehead atoms. The van der Waals surface area contributed by atoms with E-state index in [9.17, 15) is 0 Å². The summed E-state index contributed by atoms with van der Waals surface area (Å²) in [6.07, 6.45) is 5.50. The predicted molar refractivity (Wildman–Crippen MR) is 55.8 cm³/mol. The SMILES string of the molecule is C=C(CNC1CC1)CN1CCCC1. The minimum atomic E-state index is 0.815. The maximum Gasteiger partial charge on any atom is 0.0202 e. The molecule has 0 aromatic heterocycles. The van der Waals surface area contributed by atoms with Gasteiger partial charge in [-0.1, -0.05) is 6.58 Å². The molecule has 2 fully saturated rings. The third-order valence-electron chi connectivity index (χ3n) is 2.86. The largest absolute Gasteiger partial charge is 0.310 e. The highest BCUT2D eigenvalue weighted by atomic mass is 15.1. The molecule has 0 atom stereocenters. The molecule has 1 N–H and O–H groups in total. The first-order valence-corrected chi connectivity index (χ1v) is 5.47. The highest BCUT2D eigenvalue weighted by Crippen LogP contribution is 2.18. The van der Waals surface area contributed by atoms with Crippen LogP contribution in [0.2, 0.25) is 0 Å². The average molecular weight is 180 g/mol. The van der Waals surface area contributed by atoms with Gasteiger partial charge < -0.3 is 5.32 Å². The van der Waals surface area contributed by atoms with E-state index < -0.39 is 0 Å². The summed E-state index contributed by atoms with van der Waals surface area (Å²) in [6, 6.07) is 0.815. The number of nitrogens with one attached hydrogen (secondary N) is 1. The van der Waals surface area contributed by atoms with Crippen LogP contribution in [0.1, 0.15) is 25.7 Å². The Morgan fingerprint density at radius 2 is 2.00 bits per heavy atom. The molecular weight excluding hydrogens is 160 g/mol. The van der Waals surface area contributed by atoms with Crippen LogP contribution >= 0.6 is 0 Å². The van der Waals surface area contributed by atoms with Crippen molar-refractivity contribution >= 4 is 0 Å². The Hall–Kier alpha value is -0.340. The lowest BCUT2D eigenvalue weighted by molar-refractivity contribution is 0.365. The quantitative estimate of drug-likeness (QED) is 0.643. The first kappa shape index (κ1) is 9.22.